The summed E-state index contributed by atoms with van der Waals surface area (Å²) in [6.07, 6.45) is 9.47. The van der Waals surface area contributed by atoms with Crippen molar-refractivity contribution in [1.29, 1.82) is 5.26 Å². The molecule has 0 spiro atoms. The number of rotatable bonds is 6. The van der Waals surface area contributed by atoms with Crippen molar-refractivity contribution in [2.24, 2.45) is 17.3 Å². The van der Waals surface area contributed by atoms with Crippen LogP contribution in [0.2, 0.25) is 0 Å². The molecule has 0 unspecified atom stereocenters. The lowest BCUT2D eigenvalue weighted by atomic mass is 10.1. The smallest absolute Gasteiger partial charge is 0.334 e. The number of hydrogen-bond donors (Lipinski definition) is 1. The zero-order valence-electron chi connectivity index (χ0n) is 14.1. The SMILES string of the molecule is C#CCn1cc(O)n(COC(=O)[C@@H]2[C@@H](C=C(C#N)C=C)C2(C)C)c1=O. The van der Waals surface area contributed by atoms with Gasteiger partial charge in [-0.15, -0.1) is 6.42 Å². The Labute approximate surface area is 145 Å². The fourth-order valence-electron chi connectivity index (χ4n) is 2.85. The van der Waals surface area contributed by atoms with Gasteiger partial charge in [0.25, 0.3) is 0 Å². The van der Waals surface area contributed by atoms with Crippen LogP contribution in [0.3, 0.4) is 0 Å². The lowest BCUT2D eigenvalue weighted by Crippen LogP contribution is -2.26. The zero-order valence-corrected chi connectivity index (χ0v) is 14.1. The van der Waals surface area contributed by atoms with Gasteiger partial charge in [-0.2, -0.15) is 5.26 Å². The highest BCUT2D eigenvalue weighted by Crippen LogP contribution is 2.59. The Kier molecular flexibility index (Phi) is 4.89. The number of carbonyl (C=O) groups excluding carboxylic acids is 1. The fourth-order valence-corrected chi connectivity index (χ4v) is 2.85. The van der Waals surface area contributed by atoms with E-state index in [1.54, 1.807) is 6.08 Å². The number of nitriles is 1. The molecule has 1 N–H and O–H groups in total. The van der Waals surface area contributed by atoms with Crippen molar-refractivity contribution in [3.8, 4) is 24.3 Å². The van der Waals surface area contributed by atoms with E-state index in [0.717, 1.165) is 9.13 Å². The van der Waals surface area contributed by atoms with Gasteiger partial charge in [0.05, 0.1) is 24.7 Å². The summed E-state index contributed by atoms with van der Waals surface area (Å²) < 4.78 is 7.24. The maximum Gasteiger partial charge on any atom is 0.334 e. The maximum absolute atomic E-state index is 12.3. The molecule has 1 aliphatic carbocycles. The van der Waals surface area contributed by atoms with Crippen molar-refractivity contribution in [1.82, 2.24) is 9.13 Å². The molecule has 0 amide bonds. The van der Waals surface area contributed by atoms with Crippen LogP contribution in [0.5, 0.6) is 5.88 Å². The molecule has 1 heterocycles. The van der Waals surface area contributed by atoms with Crippen LogP contribution in [0.25, 0.3) is 0 Å². The minimum absolute atomic E-state index is 0.00829. The van der Waals surface area contributed by atoms with Crippen LogP contribution >= 0.6 is 0 Å². The van der Waals surface area contributed by atoms with Gasteiger partial charge in [-0.25, -0.2) is 9.36 Å². The quantitative estimate of drug-likeness (QED) is 0.365. The van der Waals surface area contributed by atoms with Crippen LogP contribution in [-0.2, 0) is 22.8 Å². The molecule has 1 aromatic rings. The maximum atomic E-state index is 12.3. The lowest BCUT2D eigenvalue weighted by molar-refractivity contribution is -0.150. The molecule has 0 bridgehead atoms. The Bertz CT molecular complexity index is 874. The number of carbonyl (C=O) groups is 1. The number of imidazole rings is 1. The number of nitrogens with zero attached hydrogens (tertiary/aromatic N) is 3. The highest BCUT2D eigenvalue weighted by atomic mass is 16.5. The van der Waals surface area contributed by atoms with Crippen molar-refractivity contribution in [3.05, 3.63) is 41.0 Å². The van der Waals surface area contributed by atoms with Crippen LogP contribution in [0.1, 0.15) is 13.8 Å². The van der Waals surface area contributed by atoms with Crippen LogP contribution in [-0.4, -0.2) is 20.2 Å². The summed E-state index contributed by atoms with van der Waals surface area (Å²) in [7, 11) is 0. The summed E-state index contributed by atoms with van der Waals surface area (Å²) >= 11 is 0. The highest BCUT2D eigenvalue weighted by molar-refractivity contribution is 5.78. The summed E-state index contributed by atoms with van der Waals surface area (Å²) in [6.45, 7) is 6.94. The Morgan fingerprint density at radius 3 is 2.84 bits per heavy atom. The van der Waals surface area contributed by atoms with Crippen molar-refractivity contribution >= 4 is 5.97 Å². The van der Waals surface area contributed by atoms with Gasteiger partial charge in [-0.05, 0) is 11.3 Å². The first-order chi connectivity index (χ1) is 11.8. The van der Waals surface area contributed by atoms with Gasteiger partial charge in [0.2, 0.25) is 5.88 Å². The number of terminal acetylenes is 1. The first kappa shape index (κ1) is 18.2. The first-order valence-corrected chi connectivity index (χ1v) is 7.61. The molecule has 2 atom stereocenters. The number of esters is 1. The summed E-state index contributed by atoms with van der Waals surface area (Å²) in [6, 6.07) is 2.00. The monoisotopic (exact) mass is 341 g/mol. The van der Waals surface area contributed by atoms with Gasteiger partial charge in [0, 0.05) is 5.57 Å². The minimum atomic E-state index is -0.562. The Hall–Kier alpha value is -3.19. The van der Waals surface area contributed by atoms with E-state index in [0.29, 0.717) is 5.57 Å². The van der Waals surface area contributed by atoms with E-state index in [1.165, 1.54) is 12.3 Å². The molecule has 0 radical (unpaired) electrons. The van der Waals surface area contributed by atoms with E-state index in [4.69, 9.17) is 16.4 Å². The van der Waals surface area contributed by atoms with Crippen molar-refractivity contribution in [2.45, 2.75) is 27.1 Å². The van der Waals surface area contributed by atoms with Gasteiger partial charge in [-0.3, -0.25) is 9.36 Å². The standard InChI is InChI=1S/C18H19N3O4/c1-5-7-20-10-14(22)21(17(20)24)11-25-16(23)15-13(18(15,3)4)8-12(6-2)9-19/h1,6,8,10,13,15,22H,2,7,11H2,3-4H3/t13-,15+/m1/s1. The Morgan fingerprint density at radius 2 is 2.28 bits per heavy atom. The molecule has 0 aliphatic heterocycles. The lowest BCUT2D eigenvalue weighted by Gasteiger charge is -2.06. The molecule has 7 nitrogen and oxygen atoms in total. The summed E-state index contributed by atoms with van der Waals surface area (Å²) in [5.74, 6) is 0.884. The van der Waals surface area contributed by atoms with Crippen LogP contribution in [0.15, 0.2) is 35.3 Å². The largest absolute Gasteiger partial charge is 0.493 e. The van der Waals surface area contributed by atoms with Crippen molar-refractivity contribution in [3.63, 3.8) is 0 Å². The van der Waals surface area contributed by atoms with Crippen LogP contribution in [0.4, 0.5) is 0 Å². The molecular weight excluding hydrogens is 322 g/mol. The van der Waals surface area contributed by atoms with E-state index in [1.807, 2.05) is 19.9 Å². The van der Waals surface area contributed by atoms with E-state index in [9.17, 15) is 14.7 Å². The summed E-state index contributed by atoms with van der Waals surface area (Å²) in [5.41, 5.74) is -0.522. The van der Waals surface area contributed by atoms with Gasteiger partial charge in [-0.1, -0.05) is 38.5 Å². The van der Waals surface area contributed by atoms with Gasteiger partial charge in [0.15, 0.2) is 6.73 Å². The summed E-state index contributed by atoms with van der Waals surface area (Å²) in [5, 5.41) is 18.7. The average Bonchev–Trinajstić information content (AvgIpc) is 3.00. The molecule has 1 aromatic heterocycles. The number of ether oxygens (including phenoxy) is 1. The topological polar surface area (TPSA) is 97.2 Å². The normalized spacial score (nSPS) is 21.0. The van der Waals surface area contributed by atoms with E-state index in [-0.39, 0.29) is 23.8 Å². The molecule has 2 rings (SSSR count). The number of aromatic nitrogens is 2. The van der Waals surface area contributed by atoms with Gasteiger partial charge in [0.1, 0.15) is 0 Å². The first-order valence-electron chi connectivity index (χ1n) is 7.61. The number of hydrogen-bond acceptors (Lipinski definition) is 5. The number of allylic oxidation sites excluding steroid dienone is 3. The molecule has 1 saturated carbocycles. The van der Waals surface area contributed by atoms with Crippen molar-refractivity contribution < 1.29 is 14.6 Å². The molecule has 0 saturated heterocycles. The molecule has 1 fully saturated rings. The molecule has 130 valence electrons. The van der Waals surface area contributed by atoms with Gasteiger partial charge < -0.3 is 9.84 Å². The number of aromatic hydroxyl groups is 1. The third kappa shape index (κ3) is 3.36. The second-order valence-electron chi connectivity index (χ2n) is 6.39. The third-order valence-corrected chi connectivity index (χ3v) is 4.49. The van der Waals surface area contributed by atoms with Gasteiger partial charge >= 0.3 is 11.7 Å². The van der Waals surface area contributed by atoms with E-state index >= 15 is 0 Å². The van der Waals surface area contributed by atoms with E-state index < -0.39 is 24.3 Å². The Morgan fingerprint density at radius 1 is 1.60 bits per heavy atom. The van der Waals surface area contributed by atoms with Crippen LogP contribution in [0, 0.1) is 40.9 Å². The average molecular weight is 341 g/mol. The predicted molar refractivity (Wildman–Crippen MR) is 89.9 cm³/mol. The highest BCUT2D eigenvalue weighted by Gasteiger charge is 2.61. The van der Waals surface area contributed by atoms with Crippen LogP contribution < -0.4 is 5.69 Å². The zero-order chi connectivity index (χ0) is 18.8. The molecule has 0 aromatic carbocycles. The Balaban J connectivity index is 2.08. The fraction of sp³-hybridized carbons (Fsp3) is 0.389. The minimum Gasteiger partial charge on any atom is -0.493 e. The van der Waals surface area contributed by atoms with Crippen molar-refractivity contribution in [2.75, 3.05) is 0 Å². The predicted octanol–water partition coefficient (Wildman–Crippen LogP) is 1.40. The third-order valence-electron chi connectivity index (χ3n) is 4.49. The molecular formula is C18H19N3O4. The summed E-state index contributed by atoms with van der Waals surface area (Å²) in [4.78, 5) is 24.3. The second-order valence-corrected chi connectivity index (χ2v) is 6.39. The van der Waals surface area contributed by atoms with E-state index in [2.05, 4.69) is 12.5 Å². The second kappa shape index (κ2) is 6.74. The molecule has 7 heteroatoms. The molecule has 25 heavy (non-hydrogen) atoms. The molecule has 1 aliphatic rings.